The topological polar surface area (TPSA) is 70.0 Å². The predicted molar refractivity (Wildman–Crippen MR) is 67.5 cm³/mol. The molecule has 1 aliphatic rings. The predicted octanol–water partition coefficient (Wildman–Crippen LogP) is 2.34. The van der Waals surface area contributed by atoms with Gasteiger partial charge in [-0.3, -0.25) is 9.59 Å². The van der Waals surface area contributed by atoms with Crippen molar-refractivity contribution in [2.24, 2.45) is 0 Å². The van der Waals surface area contributed by atoms with Crippen LogP contribution in [0, 0.1) is 5.41 Å². The average Bonchev–Trinajstić information content (AvgIpc) is 2.30. The fourth-order valence-electron chi connectivity index (χ4n) is 1.60. The van der Waals surface area contributed by atoms with Gasteiger partial charge in [-0.2, -0.15) is 0 Å². The molecule has 94 valence electrons. The number of carbonyl (C=O) groups is 2. The van der Waals surface area contributed by atoms with E-state index in [1.54, 1.807) is 0 Å². The Labute approximate surface area is 110 Å². The van der Waals surface area contributed by atoms with Crippen molar-refractivity contribution in [2.45, 2.75) is 38.6 Å². The second-order valence-corrected chi connectivity index (χ2v) is 4.80. The molecular weight excluding hydrogens is 263 g/mol. The van der Waals surface area contributed by atoms with Crippen molar-refractivity contribution in [1.82, 2.24) is 5.32 Å². The number of allylic oxidation sites excluding steroid dienone is 1. The summed E-state index contributed by atoms with van der Waals surface area (Å²) < 4.78 is 0. The SMILES string of the molecule is CC(=N)/C(Cl)=C(/Cl)C(=O)NC1CCC(=O)CC1. The Balaban J connectivity index is 2.58. The van der Waals surface area contributed by atoms with Gasteiger partial charge >= 0.3 is 0 Å². The number of hydrogen-bond acceptors (Lipinski definition) is 3. The van der Waals surface area contributed by atoms with E-state index in [9.17, 15) is 9.59 Å². The van der Waals surface area contributed by atoms with Crippen molar-refractivity contribution in [3.05, 3.63) is 10.1 Å². The van der Waals surface area contributed by atoms with Gasteiger partial charge in [0.05, 0.1) is 5.03 Å². The molecule has 1 saturated carbocycles. The number of nitrogens with one attached hydrogen (secondary N) is 2. The first-order chi connectivity index (χ1) is 7.91. The van der Waals surface area contributed by atoms with E-state index in [-0.39, 0.29) is 27.6 Å². The lowest BCUT2D eigenvalue weighted by molar-refractivity contribution is -0.122. The quantitative estimate of drug-likeness (QED) is 0.614. The molecule has 2 N–H and O–H groups in total. The summed E-state index contributed by atoms with van der Waals surface area (Å²) >= 11 is 11.5. The third kappa shape index (κ3) is 4.13. The minimum absolute atomic E-state index is 0.0375. The molecule has 1 rings (SSSR count). The highest BCUT2D eigenvalue weighted by molar-refractivity contribution is 6.54. The van der Waals surface area contributed by atoms with Gasteiger partial charge in [-0.25, -0.2) is 0 Å². The lowest BCUT2D eigenvalue weighted by Crippen LogP contribution is -2.38. The summed E-state index contributed by atoms with van der Waals surface area (Å²) in [6, 6.07) is -0.0375. The Morgan fingerprint density at radius 3 is 2.29 bits per heavy atom. The molecule has 6 heteroatoms. The Morgan fingerprint density at radius 1 is 1.29 bits per heavy atom. The summed E-state index contributed by atoms with van der Waals surface area (Å²) in [5, 5.41) is 9.77. The molecule has 1 amide bonds. The van der Waals surface area contributed by atoms with E-state index >= 15 is 0 Å². The van der Waals surface area contributed by atoms with Gasteiger partial charge in [-0.15, -0.1) is 0 Å². The van der Waals surface area contributed by atoms with Crippen LogP contribution < -0.4 is 5.32 Å². The minimum Gasteiger partial charge on any atom is -0.348 e. The highest BCUT2D eigenvalue weighted by atomic mass is 35.5. The van der Waals surface area contributed by atoms with E-state index in [1.807, 2.05) is 0 Å². The first kappa shape index (κ1) is 14.2. The van der Waals surface area contributed by atoms with Crippen molar-refractivity contribution in [3.8, 4) is 0 Å². The third-order valence-corrected chi connectivity index (χ3v) is 3.53. The van der Waals surface area contributed by atoms with E-state index in [4.69, 9.17) is 28.6 Å². The molecule has 0 aromatic carbocycles. The number of rotatable bonds is 3. The highest BCUT2D eigenvalue weighted by Crippen LogP contribution is 2.18. The van der Waals surface area contributed by atoms with Crippen molar-refractivity contribution in [3.63, 3.8) is 0 Å². The van der Waals surface area contributed by atoms with Crippen LogP contribution in [0.2, 0.25) is 0 Å². The van der Waals surface area contributed by atoms with Gasteiger partial charge in [0.1, 0.15) is 10.8 Å². The molecule has 4 nitrogen and oxygen atoms in total. The van der Waals surface area contributed by atoms with Crippen LogP contribution in [0.4, 0.5) is 0 Å². The number of Topliss-reactive ketones (excluding diaryl/α,β-unsaturated/α-hetero) is 1. The molecule has 17 heavy (non-hydrogen) atoms. The second kappa shape index (κ2) is 6.17. The normalized spacial score (nSPS) is 18.6. The maximum Gasteiger partial charge on any atom is 0.264 e. The largest absolute Gasteiger partial charge is 0.348 e. The molecule has 0 aromatic heterocycles. The second-order valence-electron chi connectivity index (χ2n) is 4.04. The van der Waals surface area contributed by atoms with Gasteiger partial charge < -0.3 is 10.7 Å². The summed E-state index contributed by atoms with van der Waals surface area (Å²) in [4.78, 5) is 22.7. The van der Waals surface area contributed by atoms with E-state index in [0.717, 1.165) is 0 Å². The van der Waals surface area contributed by atoms with Gasteiger partial charge in [0.15, 0.2) is 0 Å². The number of carbonyl (C=O) groups excluding carboxylic acids is 2. The average molecular weight is 277 g/mol. The maximum atomic E-state index is 11.7. The molecule has 0 radical (unpaired) electrons. The van der Waals surface area contributed by atoms with Crippen molar-refractivity contribution < 1.29 is 9.59 Å². The summed E-state index contributed by atoms with van der Waals surface area (Å²) in [6.07, 6.45) is 2.25. The van der Waals surface area contributed by atoms with E-state index < -0.39 is 5.91 Å². The lowest BCUT2D eigenvalue weighted by Gasteiger charge is -2.22. The summed E-state index contributed by atoms with van der Waals surface area (Å²) in [5.74, 6) is -0.256. The van der Waals surface area contributed by atoms with Crippen LogP contribution in [0.25, 0.3) is 0 Å². The van der Waals surface area contributed by atoms with Crippen LogP contribution in [0.1, 0.15) is 32.6 Å². The van der Waals surface area contributed by atoms with Crippen LogP contribution in [0.3, 0.4) is 0 Å². The van der Waals surface area contributed by atoms with Crippen LogP contribution in [-0.2, 0) is 9.59 Å². The van der Waals surface area contributed by atoms with Crippen LogP contribution in [0.5, 0.6) is 0 Å². The summed E-state index contributed by atoms with van der Waals surface area (Å²) in [5.41, 5.74) is 0.0469. The molecule has 0 atom stereocenters. The summed E-state index contributed by atoms with van der Waals surface area (Å²) in [7, 11) is 0. The fraction of sp³-hybridized carbons (Fsp3) is 0.545. The molecule has 1 fully saturated rings. The Morgan fingerprint density at radius 2 is 1.82 bits per heavy atom. The number of amides is 1. The van der Waals surface area contributed by atoms with E-state index in [1.165, 1.54) is 6.92 Å². The van der Waals surface area contributed by atoms with Crippen LogP contribution in [-0.4, -0.2) is 23.4 Å². The Bertz CT molecular complexity index is 381. The van der Waals surface area contributed by atoms with Crippen molar-refractivity contribution in [2.75, 3.05) is 0 Å². The minimum atomic E-state index is -0.484. The Hall–Kier alpha value is -0.870. The first-order valence-corrected chi connectivity index (χ1v) is 6.10. The van der Waals surface area contributed by atoms with Gasteiger partial charge in [-0.1, -0.05) is 23.2 Å². The Kier molecular flexibility index (Phi) is 5.15. The standard InChI is InChI=1S/C11H14Cl2N2O2/c1-6(14)9(12)10(13)11(17)15-7-2-4-8(16)5-3-7/h7,14H,2-5H2,1H3,(H,15,17)/b10-9-,14-6?. The van der Waals surface area contributed by atoms with Crippen molar-refractivity contribution >= 4 is 40.6 Å². The molecule has 0 bridgehead atoms. The first-order valence-electron chi connectivity index (χ1n) is 5.35. The molecule has 0 unspecified atom stereocenters. The summed E-state index contributed by atoms with van der Waals surface area (Å²) in [6.45, 7) is 1.46. The third-order valence-electron chi connectivity index (χ3n) is 2.60. The van der Waals surface area contributed by atoms with Gasteiger partial charge in [0.25, 0.3) is 5.91 Å². The fourth-order valence-corrected chi connectivity index (χ4v) is 1.88. The van der Waals surface area contributed by atoms with E-state index in [2.05, 4.69) is 5.32 Å². The zero-order valence-electron chi connectivity index (χ0n) is 9.48. The number of ketones is 1. The molecule has 0 heterocycles. The monoisotopic (exact) mass is 276 g/mol. The molecule has 0 aliphatic heterocycles. The van der Waals surface area contributed by atoms with Gasteiger partial charge in [-0.05, 0) is 19.8 Å². The van der Waals surface area contributed by atoms with Gasteiger partial charge in [0, 0.05) is 24.6 Å². The molecule has 0 spiro atoms. The molecule has 1 aliphatic carbocycles. The number of hydrogen-bond donors (Lipinski definition) is 2. The maximum absolute atomic E-state index is 11.7. The van der Waals surface area contributed by atoms with E-state index in [0.29, 0.717) is 25.7 Å². The highest BCUT2D eigenvalue weighted by Gasteiger charge is 2.22. The smallest absolute Gasteiger partial charge is 0.264 e. The van der Waals surface area contributed by atoms with Crippen LogP contribution in [0.15, 0.2) is 10.1 Å². The molecule has 0 aromatic rings. The van der Waals surface area contributed by atoms with Gasteiger partial charge in [0.2, 0.25) is 0 Å². The zero-order valence-corrected chi connectivity index (χ0v) is 11.0. The van der Waals surface area contributed by atoms with Crippen LogP contribution >= 0.6 is 23.2 Å². The lowest BCUT2D eigenvalue weighted by atomic mass is 9.94. The van der Waals surface area contributed by atoms with Crippen molar-refractivity contribution in [1.29, 1.82) is 5.41 Å². The number of halogens is 2. The molecular formula is C11H14Cl2N2O2. The zero-order chi connectivity index (χ0) is 13.0. The molecule has 0 saturated heterocycles.